The number of carboxylic acids is 1. The van der Waals surface area contributed by atoms with Crippen LogP contribution in [0.4, 0.5) is 4.39 Å². The van der Waals surface area contributed by atoms with E-state index in [1.165, 1.54) is 16.9 Å². The maximum Gasteiger partial charge on any atom is 0.358 e. The van der Waals surface area contributed by atoms with E-state index in [9.17, 15) is 9.18 Å². The predicted octanol–water partition coefficient (Wildman–Crippen LogP) is 1.44. The van der Waals surface area contributed by atoms with Crippen LogP contribution in [0.25, 0.3) is 0 Å². The molecular weight excluding hydrogens is 251 g/mol. The smallest absolute Gasteiger partial charge is 0.358 e. The Balaban J connectivity index is 1.94. The van der Waals surface area contributed by atoms with Gasteiger partial charge in [-0.2, -0.15) is 0 Å². The average molecular weight is 262 g/mol. The van der Waals surface area contributed by atoms with Gasteiger partial charge in [-0.15, -0.1) is 5.10 Å². The Kier molecular flexibility index (Phi) is 2.73. The van der Waals surface area contributed by atoms with Crippen molar-refractivity contribution >= 4 is 5.97 Å². The number of nitrogens with zero attached hydrogens (tertiary/aromatic N) is 4. The minimum Gasteiger partial charge on any atom is -0.476 e. The van der Waals surface area contributed by atoms with E-state index in [4.69, 9.17) is 5.11 Å². The number of pyridine rings is 1. The van der Waals surface area contributed by atoms with Crippen LogP contribution < -0.4 is 0 Å². The van der Waals surface area contributed by atoms with Crippen molar-refractivity contribution in [1.29, 1.82) is 0 Å². The summed E-state index contributed by atoms with van der Waals surface area (Å²) in [5.41, 5.74) is 1.24. The third-order valence-electron chi connectivity index (χ3n) is 3.03. The number of carboxylic acid groups (broad SMARTS) is 1. The van der Waals surface area contributed by atoms with E-state index in [0.29, 0.717) is 11.3 Å². The lowest BCUT2D eigenvalue weighted by Gasteiger charge is -2.05. The number of aromatic nitrogens is 4. The number of hydrogen-bond acceptors (Lipinski definition) is 4. The van der Waals surface area contributed by atoms with E-state index >= 15 is 0 Å². The molecule has 1 aliphatic carbocycles. The van der Waals surface area contributed by atoms with Crippen molar-refractivity contribution in [3.8, 4) is 0 Å². The molecule has 1 fully saturated rings. The molecule has 1 saturated carbocycles. The van der Waals surface area contributed by atoms with E-state index in [1.54, 1.807) is 0 Å². The van der Waals surface area contributed by atoms with Gasteiger partial charge in [-0.3, -0.25) is 4.98 Å². The maximum atomic E-state index is 13.1. The second kappa shape index (κ2) is 4.42. The van der Waals surface area contributed by atoms with Gasteiger partial charge in [0, 0.05) is 12.1 Å². The van der Waals surface area contributed by atoms with Crippen molar-refractivity contribution in [3.05, 3.63) is 41.2 Å². The molecule has 3 rings (SSSR count). The molecule has 0 spiro atoms. The fourth-order valence-corrected chi connectivity index (χ4v) is 2.07. The highest BCUT2D eigenvalue weighted by molar-refractivity contribution is 5.86. The zero-order valence-corrected chi connectivity index (χ0v) is 9.95. The van der Waals surface area contributed by atoms with Crippen LogP contribution in [0.5, 0.6) is 0 Å². The zero-order chi connectivity index (χ0) is 13.4. The highest BCUT2D eigenvalue weighted by atomic mass is 19.1. The topological polar surface area (TPSA) is 80.9 Å². The van der Waals surface area contributed by atoms with Crippen LogP contribution in [0.2, 0.25) is 0 Å². The number of halogens is 1. The number of aromatic carboxylic acids is 1. The Morgan fingerprint density at radius 1 is 1.47 bits per heavy atom. The summed E-state index contributed by atoms with van der Waals surface area (Å²) < 4.78 is 14.6. The summed E-state index contributed by atoms with van der Waals surface area (Å²) in [4.78, 5) is 14.8. The number of hydrogen-bond donors (Lipinski definition) is 1. The third kappa shape index (κ3) is 2.31. The first-order valence-corrected chi connectivity index (χ1v) is 5.91. The highest BCUT2D eigenvalue weighted by Gasteiger charge is 2.33. The molecule has 0 atom stereocenters. The maximum absolute atomic E-state index is 13.1. The van der Waals surface area contributed by atoms with Crippen LogP contribution in [-0.4, -0.2) is 31.1 Å². The standard InChI is InChI=1S/C12H11FN4O2/c13-9-3-7(4-14-5-9)6-17-11(8-1-2-8)10(12(18)19)15-16-17/h3-5,8H,1-2,6H2,(H,18,19). The molecule has 0 aliphatic heterocycles. The van der Waals surface area contributed by atoms with Gasteiger partial charge in [0.25, 0.3) is 0 Å². The van der Waals surface area contributed by atoms with E-state index in [1.807, 2.05) is 0 Å². The van der Waals surface area contributed by atoms with Crippen LogP contribution in [0.15, 0.2) is 18.5 Å². The van der Waals surface area contributed by atoms with Crippen molar-refractivity contribution in [1.82, 2.24) is 20.0 Å². The largest absolute Gasteiger partial charge is 0.476 e. The summed E-state index contributed by atoms with van der Waals surface area (Å²) in [5, 5.41) is 16.6. The van der Waals surface area contributed by atoms with Crippen molar-refractivity contribution < 1.29 is 14.3 Å². The lowest BCUT2D eigenvalue weighted by Crippen LogP contribution is -2.09. The van der Waals surface area contributed by atoms with Crippen LogP contribution in [-0.2, 0) is 6.54 Å². The molecule has 1 N–H and O–H groups in total. The Morgan fingerprint density at radius 2 is 2.26 bits per heavy atom. The van der Waals surface area contributed by atoms with E-state index in [0.717, 1.165) is 19.0 Å². The SMILES string of the molecule is O=C(O)c1nnn(Cc2cncc(F)c2)c1C1CC1. The summed E-state index contributed by atoms with van der Waals surface area (Å²) in [6, 6.07) is 1.35. The molecule has 0 amide bonds. The van der Waals surface area contributed by atoms with Crippen LogP contribution >= 0.6 is 0 Å². The molecule has 2 aromatic rings. The summed E-state index contributed by atoms with van der Waals surface area (Å²) in [6.45, 7) is 0.275. The Hall–Kier alpha value is -2.31. The van der Waals surface area contributed by atoms with E-state index in [2.05, 4.69) is 15.3 Å². The second-order valence-corrected chi connectivity index (χ2v) is 4.57. The molecule has 0 aromatic carbocycles. The van der Waals surface area contributed by atoms with Gasteiger partial charge >= 0.3 is 5.97 Å². The second-order valence-electron chi connectivity index (χ2n) is 4.57. The molecule has 6 nitrogen and oxygen atoms in total. The monoisotopic (exact) mass is 262 g/mol. The molecule has 7 heteroatoms. The third-order valence-corrected chi connectivity index (χ3v) is 3.03. The predicted molar refractivity (Wildman–Crippen MR) is 62.3 cm³/mol. The van der Waals surface area contributed by atoms with Crippen LogP contribution in [0.1, 0.15) is 40.5 Å². The first kappa shape index (κ1) is 11.8. The van der Waals surface area contributed by atoms with Crippen molar-refractivity contribution in [2.45, 2.75) is 25.3 Å². The normalized spacial score (nSPS) is 14.6. The molecule has 98 valence electrons. The van der Waals surface area contributed by atoms with Crippen LogP contribution in [0.3, 0.4) is 0 Å². The van der Waals surface area contributed by atoms with Crippen molar-refractivity contribution in [2.24, 2.45) is 0 Å². The lowest BCUT2D eigenvalue weighted by atomic mass is 10.2. The van der Waals surface area contributed by atoms with Gasteiger partial charge in [-0.25, -0.2) is 13.9 Å². The summed E-state index contributed by atoms with van der Waals surface area (Å²) in [5.74, 6) is -1.31. The Labute approximate surface area is 107 Å². The quantitative estimate of drug-likeness (QED) is 0.901. The van der Waals surface area contributed by atoms with Gasteiger partial charge in [0.2, 0.25) is 0 Å². The Bertz CT molecular complexity index is 636. The first-order chi connectivity index (χ1) is 9.15. The Morgan fingerprint density at radius 3 is 2.89 bits per heavy atom. The molecule has 0 saturated heterocycles. The molecule has 0 bridgehead atoms. The molecule has 0 unspecified atom stereocenters. The minimum absolute atomic E-state index is 0.00753. The van der Waals surface area contributed by atoms with E-state index < -0.39 is 11.8 Å². The fraction of sp³-hybridized carbons (Fsp3) is 0.333. The number of rotatable bonds is 4. The minimum atomic E-state index is -1.08. The fourth-order valence-electron chi connectivity index (χ4n) is 2.07. The molecule has 19 heavy (non-hydrogen) atoms. The molecule has 1 aliphatic rings. The van der Waals surface area contributed by atoms with Gasteiger partial charge < -0.3 is 5.11 Å². The van der Waals surface area contributed by atoms with Gasteiger partial charge in [0.15, 0.2) is 5.69 Å². The zero-order valence-electron chi connectivity index (χ0n) is 9.95. The summed E-state index contributed by atoms with van der Waals surface area (Å²) in [6.07, 6.45) is 4.53. The van der Waals surface area contributed by atoms with Gasteiger partial charge in [0.1, 0.15) is 5.82 Å². The molecule has 0 radical (unpaired) electrons. The van der Waals surface area contributed by atoms with Crippen molar-refractivity contribution in [2.75, 3.05) is 0 Å². The van der Waals surface area contributed by atoms with Gasteiger partial charge in [-0.1, -0.05) is 5.21 Å². The summed E-state index contributed by atoms with van der Waals surface area (Å²) in [7, 11) is 0. The number of carbonyl (C=O) groups is 1. The highest BCUT2D eigenvalue weighted by Crippen LogP contribution is 2.41. The average Bonchev–Trinajstić information content (AvgIpc) is 3.11. The van der Waals surface area contributed by atoms with Gasteiger partial charge in [-0.05, 0) is 24.5 Å². The lowest BCUT2D eigenvalue weighted by molar-refractivity contribution is 0.0689. The first-order valence-electron chi connectivity index (χ1n) is 5.91. The molecule has 2 aromatic heterocycles. The van der Waals surface area contributed by atoms with E-state index in [-0.39, 0.29) is 18.2 Å². The molecule has 2 heterocycles. The summed E-state index contributed by atoms with van der Waals surface area (Å²) >= 11 is 0. The molecular formula is C12H11FN4O2. The van der Waals surface area contributed by atoms with Gasteiger partial charge in [0.05, 0.1) is 18.4 Å². The van der Waals surface area contributed by atoms with Crippen LogP contribution in [0, 0.1) is 5.82 Å². The van der Waals surface area contributed by atoms with Crippen molar-refractivity contribution in [3.63, 3.8) is 0 Å².